The van der Waals surface area contributed by atoms with Crippen LogP contribution in [0.5, 0.6) is 0 Å². The SMILES string of the molecule is CC1CN(c2ccc(C(=O)Nc3cc(F)c4nc(Cl)cn4c3)c3nccnc23)CCN1. The number of nitrogens with zero attached hydrogens (tertiary/aromatic N) is 5. The van der Waals surface area contributed by atoms with Gasteiger partial charge in [0.15, 0.2) is 11.5 Å². The van der Waals surface area contributed by atoms with Gasteiger partial charge in [-0.25, -0.2) is 9.37 Å². The maximum absolute atomic E-state index is 14.3. The first-order valence-corrected chi connectivity index (χ1v) is 10.2. The Morgan fingerprint density at radius 2 is 2.06 bits per heavy atom. The minimum Gasteiger partial charge on any atom is -0.367 e. The number of hydrogen-bond acceptors (Lipinski definition) is 6. The first-order valence-electron chi connectivity index (χ1n) is 9.87. The molecule has 1 aliphatic heterocycles. The van der Waals surface area contributed by atoms with Crippen LogP contribution in [0.3, 0.4) is 0 Å². The van der Waals surface area contributed by atoms with Crippen LogP contribution >= 0.6 is 11.6 Å². The van der Waals surface area contributed by atoms with Gasteiger partial charge in [0.25, 0.3) is 5.91 Å². The topological polar surface area (TPSA) is 87.5 Å². The van der Waals surface area contributed by atoms with Crippen LogP contribution in [0.15, 0.2) is 43.0 Å². The number of carbonyl (C=O) groups excluding carboxylic acids is 1. The average molecular weight is 440 g/mol. The molecule has 1 unspecified atom stereocenters. The Bertz CT molecular complexity index is 1310. The van der Waals surface area contributed by atoms with E-state index in [1.54, 1.807) is 24.7 Å². The Morgan fingerprint density at radius 1 is 1.26 bits per heavy atom. The number of amides is 1. The zero-order valence-electron chi connectivity index (χ0n) is 16.6. The number of nitrogens with one attached hydrogen (secondary N) is 2. The molecule has 31 heavy (non-hydrogen) atoms. The molecule has 3 aromatic heterocycles. The summed E-state index contributed by atoms with van der Waals surface area (Å²) in [6.45, 7) is 4.68. The van der Waals surface area contributed by atoms with Crippen molar-refractivity contribution in [1.29, 1.82) is 0 Å². The molecule has 158 valence electrons. The molecule has 1 atom stereocenters. The molecule has 1 saturated heterocycles. The summed E-state index contributed by atoms with van der Waals surface area (Å²) in [4.78, 5) is 28.1. The summed E-state index contributed by atoms with van der Waals surface area (Å²) >= 11 is 5.85. The number of hydrogen-bond donors (Lipinski definition) is 2. The summed E-state index contributed by atoms with van der Waals surface area (Å²) in [5.74, 6) is -0.992. The molecule has 8 nitrogen and oxygen atoms in total. The zero-order chi connectivity index (χ0) is 21.5. The lowest BCUT2D eigenvalue weighted by molar-refractivity contribution is 0.102. The first-order chi connectivity index (χ1) is 15.0. The maximum Gasteiger partial charge on any atom is 0.257 e. The maximum atomic E-state index is 14.3. The van der Waals surface area contributed by atoms with Gasteiger partial charge in [-0.3, -0.25) is 14.8 Å². The lowest BCUT2D eigenvalue weighted by Crippen LogP contribution is -2.49. The fraction of sp³-hybridized carbons (Fsp3) is 0.238. The van der Waals surface area contributed by atoms with Crippen LogP contribution in [-0.4, -0.2) is 50.9 Å². The van der Waals surface area contributed by atoms with E-state index in [9.17, 15) is 9.18 Å². The second kappa shape index (κ2) is 7.75. The fourth-order valence-corrected chi connectivity index (χ4v) is 4.11. The van der Waals surface area contributed by atoms with Gasteiger partial charge in [-0.05, 0) is 19.1 Å². The van der Waals surface area contributed by atoms with Crippen LogP contribution in [0.25, 0.3) is 16.7 Å². The third-order valence-electron chi connectivity index (χ3n) is 5.29. The van der Waals surface area contributed by atoms with Gasteiger partial charge in [0.2, 0.25) is 0 Å². The summed E-state index contributed by atoms with van der Waals surface area (Å²) in [7, 11) is 0. The van der Waals surface area contributed by atoms with Gasteiger partial charge in [0.1, 0.15) is 16.2 Å². The Kier molecular flexibility index (Phi) is 4.91. The monoisotopic (exact) mass is 439 g/mol. The molecular weight excluding hydrogens is 421 g/mol. The molecule has 0 saturated carbocycles. The molecule has 1 fully saturated rings. The van der Waals surface area contributed by atoms with E-state index in [1.165, 1.54) is 16.7 Å². The zero-order valence-corrected chi connectivity index (χ0v) is 17.4. The van der Waals surface area contributed by atoms with Crippen LogP contribution in [0.1, 0.15) is 17.3 Å². The number of imidazole rings is 1. The lowest BCUT2D eigenvalue weighted by atomic mass is 10.1. The second-order valence-electron chi connectivity index (χ2n) is 7.51. The van der Waals surface area contributed by atoms with E-state index in [0.29, 0.717) is 22.6 Å². The van der Waals surface area contributed by atoms with Gasteiger partial charge in [-0.15, -0.1) is 0 Å². The number of benzene rings is 1. The molecule has 10 heteroatoms. The first kappa shape index (κ1) is 19.7. The van der Waals surface area contributed by atoms with E-state index in [2.05, 4.69) is 37.4 Å². The normalized spacial score (nSPS) is 16.7. The highest BCUT2D eigenvalue weighted by Crippen LogP contribution is 2.28. The minimum absolute atomic E-state index is 0.0916. The molecule has 0 aliphatic carbocycles. The van der Waals surface area contributed by atoms with E-state index in [0.717, 1.165) is 25.3 Å². The van der Waals surface area contributed by atoms with Crippen LogP contribution in [0.2, 0.25) is 5.15 Å². The highest BCUT2D eigenvalue weighted by atomic mass is 35.5. The number of rotatable bonds is 3. The third-order valence-corrected chi connectivity index (χ3v) is 5.47. The predicted molar refractivity (Wildman–Crippen MR) is 117 cm³/mol. The molecule has 1 aromatic carbocycles. The number of pyridine rings is 1. The summed E-state index contributed by atoms with van der Waals surface area (Å²) < 4.78 is 15.8. The van der Waals surface area contributed by atoms with Crippen molar-refractivity contribution in [1.82, 2.24) is 24.7 Å². The molecule has 0 spiro atoms. The van der Waals surface area contributed by atoms with E-state index in [-0.39, 0.29) is 16.5 Å². The molecule has 1 amide bonds. The molecule has 4 heterocycles. The highest BCUT2D eigenvalue weighted by Gasteiger charge is 2.22. The largest absolute Gasteiger partial charge is 0.367 e. The van der Waals surface area contributed by atoms with Crippen molar-refractivity contribution in [2.45, 2.75) is 13.0 Å². The van der Waals surface area contributed by atoms with Crippen molar-refractivity contribution in [2.24, 2.45) is 0 Å². The molecule has 1 aliphatic rings. The van der Waals surface area contributed by atoms with Gasteiger partial charge in [0.05, 0.1) is 16.9 Å². The summed E-state index contributed by atoms with van der Waals surface area (Å²) in [5.41, 5.74) is 2.82. The number of carbonyl (C=O) groups is 1. The number of halogens is 2. The van der Waals surface area contributed by atoms with Crippen molar-refractivity contribution in [3.63, 3.8) is 0 Å². The standard InChI is InChI=1S/C21H19ClFN7O/c1-12-9-29(7-6-24-12)16-3-2-14(18-19(16)26-5-4-25-18)21(31)27-13-8-15(23)20-28-17(22)11-30(20)10-13/h2-5,8,10-12,24H,6-7,9H2,1H3,(H,27,31). The van der Waals surface area contributed by atoms with Gasteiger partial charge >= 0.3 is 0 Å². The van der Waals surface area contributed by atoms with Gasteiger partial charge in [-0.1, -0.05) is 11.6 Å². The number of aromatic nitrogens is 4. The van der Waals surface area contributed by atoms with Crippen molar-refractivity contribution in [2.75, 3.05) is 29.9 Å². The number of piperazine rings is 1. The van der Waals surface area contributed by atoms with Crippen molar-refractivity contribution in [3.05, 3.63) is 59.5 Å². The van der Waals surface area contributed by atoms with Gasteiger partial charge < -0.3 is 19.9 Å². The Hall–Kier alpha value is -3.30. The molecule has 0 radical (unpaired) electrons. The molecule has 2 N–H and O–H groups in total. The van der Waals surface area contributed by atoms with Crippen molar-refractivity contribution in [3.8, 4) is 0 Å². The second-order valence-corrected chi connectivity index (χ2v) is 7.90. The molecule has 0 bridgehead atoms. The van der Waals surface area contributed by atoms with E-state index >= 15 is 0 Å². The van der Waals surface area contributed by atoms with Crippen LogP contribution in [-0.2, 0) is 0 Å². The molecule has 5 rings (SSSR count). The van der Waals surface area contributed by atoms with E-state index in [4.69, 9.17) is 11.6 Å². The number of anilines is 2. The molecule has 4 aromatic rings. The summed E-state index contributed by atoms with van der Waals surface area (Å²) in [6.07, 6.45) is 6.20. The van der Waals surface area contributed by atoms with Crippen LogP contribution in [0, 0.1) is 5.82 Å². The Balaban J connectivity index is 1.50. The Labute approximate surface area is 182 Å². The smallest absolute Gasteiger partial charge is 0.257 e. The average Bonchev–Trinajstić information content (AvgIpc) is 3.13. The van der Waals surface area contributed by atoms with Crippen LogP contribution < -0.4 is 15.5 Å². The Morgan fingerprint density at radius 3 is 2.87 bits per heavy atom. The minimum atomic E-state index is -0.586. The van der Waals surface area contributed by atoms with Crippen molar-refractivity contribution < 1.29 is 9.18 Å². The number of fused-ring (bicyclic) bond motifs is 2. The van der Waals surface area contributed by atoms with E-state index in [1.807, 2.05) is 6.07 Å². The van der Waals surface area contributed by atoms with Gasteiger partial charge in [0, 0.05) is 56.5 Å². The van der Waals surface area contributed by atoms with Crippen LogP contribution in [0.4, 0.5) is 15.8 Å². The predicted octanol–water partition coefficient (Wildman–Crippen LogP) is 3.12. The fourth-order valence-electron chi connectivity index (χ4n) is 3.93. The summed E-state index contributed by atoms with van der Waals surface area (Å²) in [5, 5.41) is 6.32. The van der Waals surface area contributed by atoms with Crippen molar-refractivity contribution >= 4 is 45.6 Å². The third kappa shape index (κ3) is 3.66. The highest BCUT2D eigenvalue weighted by molar-refractivity contribution is 6.29. The molecular formula is C21H19ClFN7O. The lowest BCUT2D eigenvalue weighted by Gasteiger charge is -2.34. The summed E-state index contributed by atoms with van der Waals surface area (Å²) in [6, 6.07) is 5.19. The quantitative estimate of drug-likeness (QED) is 0.510. The van der Waals surface area contributed by atoms with E-state index < -0.39 is 11.7 Å². The van der Waals surface area contributed by atoms with Gasteiger partial charge in [-0.2, -0.15) is 0 Å².